The average Bonchev–Trinajstić information content (AvgIpc) is 3.17. The van der Waals surface area contributed by atoms with Crippen LogP contribution in [-0.4, -0.2) is 16.8 Å². The number of hydrogen-bond donors (Lipinski definition) is 2. The van der Waals surface area contributed by atoms with Crippen LogP contribution in [0.25, 0.3) is 0 Å². The smallest absolute Gasteiger partial charge is 0.236 e. The molecule has 1 aliphatic rings. The first kappa shape index (κ1) is 15.0. The van der Waals surface area contributed by atoms with Crippen molar-refractivity contribution in [3.05, 3.63) is 45.9 Å². The molecular formula is C15H14ClN3O2S. The second-order valence-electron chi connectivity index (χ2n) is 5.33. The monoisotopic (exact) mass is 335 g/mol. The predicted octanol–water partition coefficient (Wildman–Crippen LogP) is 2.49. The molecule has 3 rings (SSSR count). The fourth-order valence-electron chi connectivity index (χ4n) is 2.38. The van der Waals surface area contributed by atoms with Gasteiger partial charge in [0.2, 0.25) is 11.8 Å². The van der Waals surface area contributed by atoms with Gasteiger partial charge in [-0.1, -0.05) is 23.7 Å². The lowest BCUT2D eigenvalue weighted by Crippen LogP contribution is -2.27. The van der Waals surface area contributed by atoms with E-state index in [0.717, 1.165) is 18.4 Å². The molecular weight excluding hydrogens is 322 g/mol. The van der Waals surface area contributed by atoms with E-state index in [2.05, 4.69) is 10.3 Å². The maximum atomic E-state index is 12.5. The maximum Gasteiger partial charge on any atom is 0.236 e. The van der Waals surface area contributed by atoms with Crippen molar-refractivity contribution in [1.29, 1.82) is 0 Å². The second kappa shape index (κ2) is 5.70. The largest absolute Gasteiger partial charge is 0.369 e. The molecule has 5 nitrogen and oxygen atoms in total. The van der Waals surface area contributed by atoms with Crippen LogP contribution in [0.4, 0.5) is 5.13 Å². The number of benzene rings is 1. The molecule has 1 aromatic carbocycles. The topological polar surface area (TPSA) is 85.1 Å². The number of hydrogen-bond acceptors (Lipinski definition) is 4. The molecule has 0 spiro atoms. The zero-order valence-electron chi connectivity index (χ0n) is 11.6. The summed E-state index contributed by atoms with van der Waals surface area (Å²) >= 11 is 7.18. The van der Waals surface area contributed by atoms with Gasteiger partial charge in [-0.15, -0.1) is 11.3 Å². The zero-order chi connectivity index (χ0) is 15.7. The molecule has 114 valence electrons. The van der Waals surface area contributed by atoms with Gasteiger partial charge in [-0.05, 0) is 30.5 Å². The van der Waals surface area contributed by atoms with Gasteiger partial charge in [0, 0.05) is 10.4 Å². The third-order valence-corrected chi connectivity index (χ3v) is 4.77. The Balaban J connectivity index is 1.73. The highest BCUT2D eigenvalue weighted by molar-refractivity contribution is 7.14. The molecule has 3 N–H and O–H groups in total. The fourth-order valence-corrected chi connectivity index (χ4v) is 3.21. The van der Waals surface area contributed by atoms with Gasteiger partial charge in [0.1, 0.15) is 0 Å². The van der Waals surface area contributed by atoms with Gasteiger partial charge in [-0.3, -0.25) is 9.59 Å². The van der Waals surface area contributed by atoms with Gasteiger partial charge in [0.25, 0.3) is 0 Å². The lowest BCUT2D eigenvalue weighted by atomic mass is 9.95. The first-order chi connectivity index (χ1) is 10.5. The van der Waals surface area contributed by atoms with Gasteiger partial charge in [0.15, 0.2) is 5.13 Å². The number of nitrogens with one attached hydrogen (secondary N) is 1. The number of nitrogens with zero attached hydrogens (tertiary/aromatic N) is 1. The molecule has 2 aromatic rings. The molecule has 1 saturated carbocycles. The number of rotatable bonds is 5. The SMILES string of the molecule is NC(=O)Cc1csc(NC(=O)C2(c3ccc(Cl)cc3)CC2)n1. The van der Waals surface area contributed by atoms with E-state index in [1.165, 1.54) is 11.3 Å². The van der Waals surface area contributed by atoms with Crippen LogP contribution in [0.5, 0.6) is 0 Å². The minimum absolute atomic E-state index is 0.0743. The third kappa shape index (κ3) is 2.98. The van der Waals surface area contributed by atoms with E-state index in [1.807, 2.05) is 12.1 Å². The van der Waals surface area contributed by atoms with Crippen LogP contribution in [-0.2, 0) is 21.4 Å². The van der Waals surface area contributed by atoms with Crippen LogP contribution in [0.2, 0.25) is 5.02 Å². The summed E-state index contributed by atoms with van der Waals surface area (Å²) in [5.41, 5.74) is 6.18. The second-order valence-corrected chi connectivity index (χ2v) is 6.62. The van der Waals surface area contributed by atoms with Gasteiger partial charge in [-0.25, -0.2) is 4.98 Å². The van der Waals surface area contributed by atoms with E-state index in [9.17, 15) is 9.59 Å². The van der Waals surface area contributed by atoms with E-state index in [4.69, 9.17) is 17.3 Å². The molecule has 0 atom stereocenters. The molecule has 0 saturated heterocycles. The van der Waals surface area contributed by atoms with E-state index in [1.54, 1.807) is 17.5 Å². The van der Waals surface area contributed by atoms with Crippen LogP contribution < -0.4 is 11.1 Å². The van der Waals surface area contributed by atoms with Crippen LogP contribution in [0.3, 0.4) is 0 Å². The number of carbonyl (C=O) groups excluding carboxylic acids is 2. The Labute approximate surface area is 136 Å². The summed E-state index contributed by atoms with van der Waals surface area (Å²) in [6.07, 6.45) is 1.69. The molecule has 0 unspecified atom stereocenters. The Morgan fingerprint density at radius 3 is 2.59 bits per heavy atom. The summed E-state index contributed by atoms with van der Waals surface area (Å²) < 4.78 is 0. The molecule has 2 amide bonds. The summed E-state index contributed by atoms with van der Waals surface area (Å²) in [6.45, 7) is 0. The summed E-state index contributed by atoms with van der Waals surface area (Å²) in [6, 6.07) is 7.35. The lowest BCUT2D eigenvalue weighted by Gasteiger charge is -2.14. The Kier molecular flexibility index (Phi) is 3.88. The van der Waals surface area contributed by atoms with Crippen LogP contribution in [0, 0.1) is 0 Å². The van der Waals surface area contributed by atoms with Crippen LogP contribution in [0.15, 0.2) is 29.6 Å². The summed E-state index contributed by atoms with van der Waals surface area (Å²) in [4.78, 5) is 27.6. The lowest BCUT2D eigenvalue weighted by molar-refractivity contribution is -0.118. The van der Waals surface area contributed by atoms with Crippen molar-refractivity contribution >= 4 is 39.9 Å². The number of amides is 2. The normalized spacial score (nSPS) is 15.3. The Morgan fingerprint density at radius 1 is 1.32 bits per heavy atom. The molecule has 0 radical (unpaired) electrons. The zero-order valence-corrected chi connectivity index (χ0v) is 13.2. The summed E-state index contributed by atoms with van der Waals surface area (Å²) in [5.74, 6) is -0.516. The van der Waals surface area contributed by atoms with E-state index >= 15 is 0 Å². The van der Waals surface area contributed by atoms with Crippen LogP contribution in [0.1, 0.15) is 24.1 Å². The molecule has 0 aliphatic heterocycles. The van der Waals surface area contributed by atoms with Crippen molar-refractivity contribution in [2.75, 3.05) is 5.32 Å². The number of anilines is 1. The van der Waals surface area contributed by atoms with Gasteiger partial charge < -0.3 is 11.1 Å². The van der Waals surface area contributed by atoms with Crippen molar-refractivity contribution < 1.29 is 9.59 Å². The molecule has 22 heavy (non-hydrogen) atoms. The first-order valence-electron chi connectivity index (χ1n) is 6.80. The van der Waals surface area contributed by atoms with E-state index < -0.39 is 11.3 Å². The molecule has 1 fully saturated rings. The minimum Gasteiger partial charge on any atom is -0.369 e. The number of carbonyl (C=O) groups is 2. The van der Waals surface area contributed by atoms with Gasteiger partial charge >= 0.3 is 0 Å². The van der Waals surface area contributed by atoms with E-state index in [-0.39, 0.29) is 12.3 Å². The minimum atomic E-state index is -0.486. The fraction of sp³-hybridized carbons (Fsp3) is 0.267. The van der Waals surface area contributed by atoms with Crippen molar-refractivity contribution in [1.82, 2.24) is 4.98 Å². The number of nitrogens with two attached hydrogens (primary N) is 1. The van der Waals surface area contributed by atoms with Gasteiger partial charge in [0.05, 0.1) is 17.5 Å². The Hall–Kier alpha value is -1.92. The number of thiazole rings is 1. The Bertz CT molecular complexity index is 723. The van der Waals surface area contributed by atoms with Crippen molar-refractivity contribution in [2.45, 2.75) is 24.7 Å². The van der Waals surface area contributed by atoms with Crippen molar-refractivity contribution in [3.8, 4) is 0 Å². The third-order valence-electron chi connectivity index (χ3n) is 3.71. The predicted molar refractivity (Wildman–Crippen MR) is 86.0 cm³/mol. The molecule has 1 aromatic heterocycles. The van der Waals surface area contributed by atoms with Crippen molar-refractivity contribution in [3.63, 3.8) is 0 Å². The summed E-state index contributed by atoms with van der Waals surface area (Å²) in [5, 5.41) is 5.70. The quantitative estimate of drug-likeness (QED) is 0.880. The van der Waals surface area contributed by atoms with Gasteiger partial charge in [-0.2, -0.15) is 0 Å². The number of primary amides is 1. The first-order valence-corrected chi connectivity index (χ1v) is 8.05. The summed E-state index contributed by atoms with van der Waals surface area (Å²) in [7, 11) is 0. The molecule has 1 heterocycles. The highest BCUT2D eigenvalue weighted by atomic mass is 35.5. The number of aromatic nitrogens is 1. The average molecular weight is 336 g/mol. The highest BCUT2D eigenvalue weighted by Gasteiger charge is 2.51. The maximum absolute atomic E-state index is 12.5. The van der Waals surface area contributed by atoms with Crippen LogP contribution >= 0.6 is 22.9 Å². The standard InChI is InChI=1S/C15H14ClN3O2S/c16-10-3-1-9(2-4-10)15(5-6-15)13(21)19-14-18-11(8-22-14)7-12(17)20/h1-4,8H,5-7H2,(H2,17,20)(H,18,19,21). The Morgan fingerprint density at radius 2 is 2.00 bits per heavy atom. The van der Waals surface area contributed by atoms with Crippen molar-refractivity contribution in [2.24, 2.45) is 5.73 Å². The molecule has 7 heteroatoms. The molecule has 1 aliphatic carbocycles. The molecule has 0 bridgehead atoms. The highest BCUT2D eigenvalue weighted by Crippen LogP contribution is 2.49. The van der Waals surface area contributed by atoms with E-state index in [0.29, 0.717) is 15.8 Å². The number of halogens is 1.